The fourth-order valence-electron chi connectivity index (χ4n) is 2.30. The lowest BCUT2D eigenvalue weighted by molar-refractivity contribution is -0.155. The van der Waals surface area contributed by atoms with Crippen LogP contribution in [0.1, 0.15) is 46.4 Å². The van der Waals surface area contributed by atoms with E-state index in [9.17, 15) is 14.4 Å². The van der Waals surface area contributed by atoms with E-state index < -0.39 is 11.6 Å². The van der Waals surface area contributed by atoms with Crippen molar-refractivity contribution in [3.63, 3.8) is 0 Å². The molecule has 6 nitrogen and oxygen atoms in total. The standard InChI is InChI=1S/C20H24N2O4S/c1-20(2,3)26-17(23)13-22(4)19(25)15-9-7-14(8-10-15)12-21-18(24)16-6-5-11-27-16/h5-11H,12-13H2,1-4H3,(H,21,24). The normalized spacial score (nSPS) is 11.0. The maximum Gasteiger partial charge on any atom is 0.326 e. The molecule has 7 heteroatoms. The SMILES string of the molecule is CN(CC(=O)OC(C)(C)C)C(=O)c1ccc(CNC(=O)c2cccs2)cc1. The topological polar surface area (TPSA) is 75.7 Å². The van der Waals surface area contributed by atoms with Crippen LogP contribution in [0.5, 0.6) is 0 Å². The van der Waals surface area contributed by atoms with Gasteiger partial charge in [-0.15, -0.1) is 11.3 Å². The summed E-state index contributed by atoms with van der Waals surface area (Å²) >= 11 is 1.38. The first-order chi connectivity index (χ1) is 12.7. The summed E-state index contributed by atoms with van der Waals surface area (Å²) in [6.45, 7) is 5.60. The van der Waals surface area contributed by atoms with Crippen LogP contribution in [0.3, 0.4) is 0 Å². The van der Waals surface area contributed by atoms with Crippen molar-refractivity contribution in [2.75, 3.05) is 13.6 Å². The van der Waals surface area contributed by atoms with E-state index in [2.05, 4.69) is 5.32 Å². The van der Waals surface area contributed by atoms with Gasteiger partial charge in [-0.05, 0) is 49.9 Å². The lowest BCUT2D eigenvalue weighted by Crippen LogP contribution is -2.36. The van der Waals surface area contributed by atoms with Crippen LogP contribution in [-0.2, 0) is 16.1 Å². The van der Waals surface area contributed by atoms with E-state index in [1.165, 1.54) is 16.2 Å². The monoisotopic (exact) mass is 388 g/mol. The Morgan fingerprint density at radius 1 is 1.11 bits per heavy atom. The second-order valence-corrected chi connectivity index (χ2v) is 8.05. The number of rotatable bonds is 6. The number of likely N-dealkylation sites (N-methyl/N-ethyl adjacent to an activating group) is 1. The van der Waals surface area contributed by atoms with E-state index in [1.807, 2.05) is 11.4 Å². The summed E-state index contributed by atoms with van der Waals surface area (Å²) < 4.78 is 5.23. The highest BCUT2D eigenvalue weighted by molar-refractivity contribution is 7.12. The Labute approximate surface area is 163 Å². The summed E-state index contributed by atoms with van der Waals surface area (Å²) in [6, 6.07) is 10.5. The Kier molecular flexibility index (Phi) is 6.74. The van der Waals surface area contributed by atoms with Crippen molar-refractivity contribution in [2.45, 2.75) is 32.9 Å². The van der Waals surface area contributed by atoms with E-state index >= 15 is 0 Å². The zero-order valence-corrected chi connectivity index (χ0v) is 16.8. The van der Waals surface area contributed by atoms with Gasteiger partial charge in [0.1, 0.15) is 12.1 Å². The minimum atomic E-state index is -0.587. The van der Waals surface area contributed by atoms with Crippen molar-refractivity contribution in [2.24, 2.45) is 0 Å². The predicted molar refractivity (Wildman–Crippen MR) is 105 cm³/mol. The molecule has 1 N–H and O–H groups in total. The third-order valence-electron chi connectivity index (χ3n) is 3.53. The molecule has 2 aromatic rings. The van der Waals surface area contributed by atoms with E-state index in [1.54, 1.807) is 58.2 Å². The number of hydrogen-bond acceptors (Lipinski definition) is 5. The van der Waals surface area contributed by atoms with Gasteiger partial charge >= 0.3 is 5.97 Å². The van der Waals surface area contributed by atoms with Crippen LogP contribution in [-0.4, -0.2) is 41.9 Å². The molecule has 0 atom stereocenters. The number of nitrogens with one attached hydrogen (secondary N) is 1. The molecule has 2 rings (SSSR count). The third kappa shape index (κ3) is 6.53. The zero-order valence-electron chi connectivity index (χ0n) is 15.9. The molecule has 0 saturated heterocycles. The van der Waals surface area contributed by atoms with Crippen molar-refractivity contribution in [3.05, 3.63) is 57.8 Å². The number of esters is 1. The number of thiophene rings is 1. The highest BCUT2D eigenvalue weighted by atomic mass is 32.1. The molecule has 0 unspecified atom stereocenters. The number of hydrogen-bond donors (Lipinski definition) is 1. The number of nitrogens with zero attached hydrogens (tertiary/aromatic N) is 1. The first-order valence-electron chi connectivity index (χ1n) is 8.53. The molecule has 0 aliphatic rings. The lowest BCUT2D eigenvalue weighted by atomic mass is 10.1. The van der Waals surface area contributed by atoms with E-state index in [4.69, 9.17) is 4.74 Å². The van der Waals surface area contributed by atoms with Crippen LogP contribution in [0.2, 0.25) is 0 Å². The molecule has 1 aromatic carbocycles. The van der Waals surface area contributed by atoms with E-state index in [-0.39, 0.29) is 18.4 Å². The zero-order chi connectivity index (χ0) is 20.0. The van der Waals surface area contributed by atoms with E-state index in [0.29, 0.717) is 17.0 Å². The van der Waals surface area contributed by atoms with Gasteiger partial charge in [-0.2, -0.15) is 0 Å². The molecule has 1 aromatic heterocycles. The van der Waals surface area contributed by atoms with E-state index in [0.717, 1.165) is 5.56 Å². The Balaban J connectivity index is 1.89. The summed E-state index contributed by atoms with van der Waals surface area (Å²) in [5.41, 5.74) is 0.761. The molecule has 0 bridgehead atoms. The van der Waals surface area contributed by atoms with Gasteiger partial charge in [-0.3, -0.25) is 14.4 Å². The van der Waals surface area contributed by atoms with Gasteiger partial charge in [-0.1, -0.05) is 18.2 Å². The maximum atomic E-state index is 12.4. The average Bonchev–Trinajstić information content (AvgIpc) is 3.12. The fourth-order valence-corrected chi connectivity index (χ4v) is 2.94. The van der Waals surface area contributed by atoms with Crippen LogP contribution in [0, 0.1) is 0 Å². The molecule has 0 fully saturated rings. The largest absolute Gasteiger partial charge is 0.459 e. The van der Waals surface area contributed by atoms with Gasteiger partial charge in [0.25, 0.3) is 11.8 Å². The molecule has 1 heterocycles. The second-order valence-electron chi connectivity index (χ2n) is 7.10. The fraction of sp³-hybridized carbons (Fsp3) is 0.350. The molecule has 0 radical (unpaired) electrons. The molecule has 0 spiro atoms. The second kappa shape index (κ2) is 8.81. The van der Waals surface area contributed by atoms with Crippen molar-refractivity contribution in [3.8, 4) is 0 Å². The quantitative estimate of drug-likeness (QED) is 0.772. The van der Waals surface area contributed by atoms with Crippen molar-refractivity contribution < 1.29 is 19.1 Å². The molecule has 2 amide bonds. The molecular weight excluding hydrogens is 364 g/mol. The van der Waals surface area contributed by atoms with Crippen molar-refractivity contribution >= 4 is 29.1 Å². The highest BCUT2D eigenvalue weighted by Gasteiger charge is 2.20. The van der Waals surface area contributed by atoms with Gasteiger partial charge in [-0.25, -0.2) is 0 Å². The number of carbonyl (C=O) groups is 3. The smallest absolute Gasteiger partial charge is 0.326 e. The van der Waals surface area contributed by atoms with Gasteiger partial charge < -0.3 is 15.0 Å². The molecule has 144 valence electrons. The molecule has 0 saturated carbocycles. The van der Waals surface area contributed by atoms with Gasteiger partial charge in [0.05, 0.1) is 4.88 Å². The van der Waals surface area contributed by atoms with Gasteiger partial charge in [0.2, 0.25) is 0 Å². The summed E-state index contributed by atoms with van der Waals surface area (Å²) in [4.78, 5) is 38.2. The number of amides is 2. The molecule has 27 heavy (non-hydrogen) atoms. The Bertz CT molecular complexity index is 792. The Hall–Kier alpha value is -2.67. The number of carbonyl (C=O) groups excluding carboxylic acids is 3. The third-order valence-corrected chi connectivity index (χ3v) is 4.40. The highest BCUT2D eigenvalue weighted by Crippen LogP contribution is 2.11. The predicted octanol–water partition coefficient (Wildman–Crippen LogP) is 3.09. The van der Waals surface area contributed by atoms with Crippen molar-refractivity contribution in [1.82, 2.24) is 10.2 Å². The van der Waals surface area contributed by atoms with Crippen LogP contribution in [0.4, 0.5) is 0 Å². The number of ether oxygens (including phenoxy) is 1. The van der Waals surface area contributed by atoms with Crippen LogP contribution < -0.4 is 5.32 Å². The van der Waals surface area contributed by atoms with Gasteiger partial charge in [0, 0.05) is 19.2 Å². The molecular formula is C20H24N2O4S. The van der Waals surface area contributed by atoms with Crippen LogP contribution in [0.25, 0.3) is 0 Å². The Morgan fingerprint density at radius 2 is 1.78 bits per heavy atom. The lowest BCUT2D eigenvalue weighted by Gasteiger charge is -2.22. The summed E-state index contributed by atoms with van der Waals surface area (Å²) in [6.07, 6.45) is 0. The van der Waals surface area contributed by atoms with Crippen molar-refractivity contribution in [1.29, 1.82) is 0 Å². The van der Waals surface area contributed by atoms with Crippen LogP contribution in [0.15, 0.2) is 41.8 Å². The molecule has 0 aliphatic heterocycles. The minimum absolute atomic E-state index is 0.116. The first-order valence-corrected chi connectivity index (χ1v) is 9.41. The average molecular weight is 388 g/mol. The summed E-state index contributed by atoms with van der Waals surface area (Å²) in [5, 5.41) is 4.69. The van der Waals surface area contributed by atoms with Gasteiger partial charge in [0.15, 0.2) is 0 Å². The van der Waals surface area contributed by atoms with Crippen LogP contribution >= 0.6 is 11.3 Å². The first kappa shape index (κ1) is 20.6. The minimum Gasteiger partial charge on any atom is -0.459 e. The number of benzene rings is 1. The summed E-state index contributed by atoms with van der Waals surface area (Å²) in [5.74, 6) is -0.844. The molecule has 0 aliphatic carbocycles. The maximum absolute atomic E-state index is 12.4. The summed E-state index contributed by atoms with van der Waals surface area (Å²) in [7, 11) is 1.56. The Morgan fingerprint density at radius 3 is 2.33 bits per heavy atom.